The van der Waals surface area contributed by atoms with E-state index in [2.05, 4.69) is 15.8 Å². The molecule has 0 bridgehead atoms. The number of thioether (sulfide) groups is 1. The Bertz CT molecular complexity index is 429. The van der Waals surface area contributed by atoms with Crippen LogP contribution in [0.2, 0.25) is 0 Å². The van der Waals surface area contributed by atoms with Gasteiger partial charge in [0.05, 0.1) is 13.0 Å². The largest absolute Gasteiger partial charge is 0.469 e. The van der Waals surface area contributed by atoms with Gasteiger partial charge in [0.1, 0.15) is 11.8 Å². The van der Waals surface area contributed by atoms with Gasteiger partial charge in [-0.25, -0.2) is 4.98 Å². The SMILES string of the molecule is COC(=O)C(C)CSCc1cccnc1C#N. The van der Waals surface area contributed by atoms with Crippen molar-refractivity contribution in [1.82, 2.24) is 4.98 Å². The van der Waals surface area contributed by atoms with E-state index in [-0.39, 0.29) is 11.9 Å². The van der Waals surface area contributed by atoms with Gasteiger partial charge >= 0.3 is 5.97 Å². The van der Waals surface area contributed by atoms with Gasteiger partial charge in [0.15, 0.2) is 0 Å². The van der Waals surface area contributed by atoms with E-state index in [1.54, 1.807) is 24.0 Å². The van der Waals surface area contributed by atoms with Crippen molar-refractivity contribution in [3.05, 3.63) is 29.6 Å². The molecule has 5 heteroatoms. The van der Waals surface area contributed by atoms with Crippen molar-refractivity contribution in [2.24, 2.45) is 5.92 Å². The van der Waals surface area contributed by atoms with Crippen LogP contribution in [0.25, 0.3) is 0 Å². The van der Waals surface area contributed by atoms with Crippen molar-refractivity contribution in [2.75, 3.05) is 12.9 Å². The van der Waals surface area contributed by atoms with Crippen LogP contribution in [0.1, 0.15) is 18.2 Å². The molecule has 0 amide bonds. The molecular weight excluding hydrogens is 236 g/mol. The average molecular weight is 250 g/mol. The minimum Gasteiger partial charge on any atom is -0.469 e. The van der Waals surface area contributed by atoms with Crippen molar-refractivity contribution in [3.63, 3.8) is 0 Å². The maximum absolute atomic E-state index is 11.2. The Morgan fingerprint density at radius 3 is 3.12 bits per heavy atom. The number of hydrogen-bond acceptors (Lipinski definition) is 5. The monoisotopic (exact) mass is 250 g/mol. The summed E-state index contributed by atoms with van der Waals surface area (Å²) in [5.74, 6) is 1.02. The second kappa shape index (κ2) is 6.92. The van der Waals surface area contributed by atoms with Crippen molar-refractivity contribution < 1.29 is 9.53 Å². The van der Waals surface area contributed by atoms with Gasteiger partial charge in [-0.15, -0.1) is 0 Å². The van der Waals surface area contributed by atoms with E-state index in [9.17, 15) is 4.79 Å². The number of carbonyl (C=O) groups is 1. The Morgan fingerprint density at radius 2 is 2.47 bits per heavy atom. The van der Waals surface area contributed by atoms with Gasteiger partial charge in [0, 0.05) is 17.7 Å². The first-order chi connectivity index (χ1) is 8.19. The van der Waals surface area contributed by atoms with Crippen LogP contribution in [-0.4, -0.2) is 23.8 Å². The Balaban J connectivity index is 2.46. The molecule has 90 valence electrons. The summed E-state index contributed by atoms with van der Waals surface area (Å²) in [6.45, 7) is 1.83. The third-order valence-electron chi connectivity index (χ3n) is 2.23. The summed E-state index contributed by atoms with van der Waals surface area (Å²) in [5.41, 5.74) is 1.35. The normalized spacial score (nSPS) is 11.6. The molecule has 0 aliphatic rings. The Kier molecular flexibility index (Phi) is 5.50. The molecule has 1 heterocycles. The molecule has 0 aliphatic carbocycles. The lowest BCUT2D eigenvalue weighted by Crippen LogP contribution is -2.14. The standard InChI is InChI=1S/C12H14N2O2S/c1-9(12(15)16-2)7-17-8-10-4-3-5-14-11(10)6-13/h3-5,9H,7-8H2,1-2H3. The van der Waals surface area contributed by atoms with E-state index in [0.29, 0.717) is 17.2 Å². The third-order valence-corrected chi connectivity index (χ3v) is 3.48. The Labute approximate surface area is 105 Å². The number of carbonyl (C=O) groups excluding carboxylic acids is 1. The van der Waals surface area contributed by atoms with Crippen molar-refractivity contribution >= 4 is 17.7 Å². The molecule has 0 aromatic carbocycles. The van der Waals surface area contributed by atoms with Crippen molar-refractivity contribution in [2.45, 2.75) is 12.7 Å². The summed E-state index contributed by atoms with van der Waals surface area (Å²) in [6, 6.07) is 5.73. The average Bonchev–Trinajstić information content (AvgIpc) is 2.38. The zero-order chi connectivity index (χ0) is 12.7. The first kappa shape index (κ1) is 13.5. The highest BCUT2D eigenvalue weighted by molar-refractivity contribution is 7.98. The van der Waals surface area contributed by atoms with Gasteiger partial charge in [0.25, 0.3) is 0 Å². The number of ether oxygens (including phenoxy) is 1. The van der Waals surface area contributed by atoms with Crippen LogP contribution in [0.3, 0.4) is 0 Å². The van der Waals surface area contributed by atoms with E-state index in [1.165, 1.54) is 7.11 Å². The molecule has 0 aliphatic heterocycles. The summed E-state index contributed by atoms with van der Waals surface area (Å²) in [7, 11) is 1.39. The zero-order valence-corrected chi connectivity index (χ0v) is 10.7. The topological polar surface area (TPSA) is 63.0 Å². The molecule has 1 rings (SSSR count). The minimum atomic E-state index is -0.204. The lowest BCUT2D eigenvalue weighted by molar-refractivity contribution is -0.143. The van der Waals surface area contributed by atoms with Gasteiger partial charge < -0.3 is 4.74 Å². The number of nitrogens with zero attached hydrogens (tertiary/aromatic N) is 2. The summed E-state index contributed by atoms with van der Waals surface area (Å²) in [4.78, 5) is 15.2. The van der Waals surface area contributed by atoms with Crippen molar-refractivity contribution in [3.8, 4) is 6.07 Å². The van der Waals surface area contributed by atoms with Crippen molar-refractivity contribution in [1.29, 1.82) is 5.26 Å². The molecule has 0 saturated heterocycles. The second-order valence-corrected chi connectivity index (χ2v) is 4.59. The quantitative estimate of drug-likeness (QED) is 0.748. The number of hydrogen-bond donors (Lipinski definition) is 0. The van der Waals surface area contributed by atoms with Gasteiger partial charge in [0.2, 0.25) is 0 Å². The predicted octanol–water partition coefficient (Wildman–Crippen LogP) is 2.00. The third kappa shape index (κ3) is 4.08. The van der Waals surface area contributed by atoms with Gasteiger partial charge in [-0.1, -0.05) is 13.0 Å². The highest BCUT2D eigenvalue weighted by atomic mass is 32.2. The molecule has 17 heavy (non-hydrogen) atoms. The highest BCUT2D eigenvalue weighted by Crippen LogP contribution is 2.17. The number of esters is 1. The molecule has 0 saturated carbocycles. The summed E-state index contributed by atoms with van der Waals surface area (Å²) >= 11 is 1.60. The molecule has 4 nitrogen and oxygen atoms in total. The maximum Gasteiger partial charge on any atom is 0.309 e. The van der Waals surface area contributed by atoms with Crippen LogP contribution in [0, 0.1) is 17.2 Å². The molecule has 1 unspecified atom stereocenters. The predicted molar refractivity (Wildman–Crippen MR) is 66.3 cm³/mol. The summed E-state index contributed by atoms with van der Waals surface area (Å²) in [6.07, 6.45) is 1.60. The molecule has 0 spiro atoms. The molecule has 0 radical (unpaired) electrons. The van der Waals surface area contributed by atoms with Crippen LogP contribution in [-0.2, 0) is 15.3 Å². The van der Waals surface area contributed by atoms with Gasteiger partial charge in [-0.3, -0.25) is 4.79 Å². The lowest BCUT2D eigenvalue weighted by Gasteiger charge is -2.08. The molecule has 0 N–H and O–H groups in total. The number of nitriles is 1. The van der Waals surface area contributed by atoms with Crippen LogP contribution in [0.4, 0.5) is 0 Å². The second-order valence-electron chi connectivity index (χ2n) is 3.56. The van der Waals surface area contributed by atoms with Crippen LogP contribution in [0.5, 0.6) is 0 Å². The van der Waals surface area contributed by atoms with Crippen LogP contribution < -0.4 is 0 Å². The Hall–Kier alpha value is -1.54. The van der Waals surface area contributed by atoms with Gasteiger partial charge in [-0.2, -0.15) is 17.0 Å². The number of rotatable bonds is 5. The fourth-order valence-corrected chi connectivity index (χ4v) is 2.33. The molecule has 1 aromatic heterocycles. The molecule has 1 atom stereocenters. The lowest BCUT2D eigenvalue weighted by atomic mass is 10.2. The molecule has 1 aromatic rings. The van der Waals surface area contributed by atoms with Crippen LogP contribution >= 0.6 is 11.8 Å². The van der Waals surface area contributed by atoms with E-state index in [1.807, 2.05) is 13.0 Å². The molecule has 0 fully saturated rings. The zero-order valence-electron chi connectivity index (χ0n) is 9.84. The van der Waals surface area contributed by atoms with E-state index in [0.717, 1.165) is 5.56 Å². The summed E-state index contributed by atoms with van der Waals surface area (Å²) in [5, 5.41) is 8.86. The van der Waals surface area contributed by atoms with Crippen LogP contribution in [0.15, 0.2) is 18.3 Å². The van der Waals surface area contributed by atoms with E-state index in [4.69, 9.17) is 5.26 Å². The number of methoxy groups -OCH3 is 1. The fourth-order valence-electron chi connectivity index (χ4n) is 1.27. The minimum absolute atomic E-state index is 0.132. The maximum atomic E-state index is 11.2. The Morgan fingerprint density at radius 1 is 1.71 bits per heavy atom. The number of aromatic nitrogens is 1. The van der Waals surface area contributed by atoms with E-state index >= 15 is 0 Å². The first-order valence-corrected chi connectivity index (χ1v) is 6.34. The number of pyridine rings is 1. The summed E-state index contributed by atoms with van der Waals surface area (Å²) < 4.78 is 4.64. The van der Waals surface area contributed by atoms with E-state index < -0.39 is 0 Å². The fraction of sp³-hybridized carbons (Fsp3) is 0.417. The smallest absolute Gasteiger partial charge is 0.309 e. The van der Waals surface area contributed by atoms with Gasteiger partial charge in [-0.05, 0) is 11.6 Å². The highest BCUT2D eigenvalue weighted by Gasteiger charge is 2.13. The molecular formula is C12H14N2O2S. The first-order valence-electron chi connectivity index (χ1n) is 5.18.